The minimum atomic E-state index is 0.641. The van der Waals surface area contributed by atoms with Crippen molar-refractivity contribution in [2.24, 2.45) is 0 Å². The van der Waals surface area contributed by atoms with E-state index in [1.807, 2.05) is 30.3 Å². The molecule has 2 rings (SSSR count). The van der Waals surface area contributed by atoms with Crippen molar-refractivity contribution in [3.05, 3.63) is 47.0 Å². The largest absolute Gasteiger partial charge is 0.452 e. The van der Waals surface area contributed by atoms with Gasteiger partial charge in [-0.05, 0) is 40.2 Å². The molecule has 1 N–H and O–H groups in total. The first-order valence-electron chi connectivity index (χ1n) is 4.24. The average molecular weight is 253 g/mol. The van der Waals surface area contributed by atoms with E-state index in [2.05, 4.69) is 26.2 Å². The standard InChI is InChI=1S/C10H9BrN2O/c11-9-5-4-8(14-9)7-13-10-3-1-2-6-12-10/h1-6H,7H2,(H,12,13). The third-order valence-electron chi connectivity index (χ3n) is 1.74. The van der Waals surface area contributed by atoms with Crippen LogP contribution in [0.5, 0.6) is 0 Å². The summed E-state index contributed by atoms with van der Waals surface area (Å²) in [4.78, 5) is 4.14. The molecule has 0 aliphatic rings. The van der Waals surface area contributed by atoms with E-state index >= 15 is 0 Å². The van der Waals surface area contributed by atoms with Gasteiger partial charge in [-0.2, -0.15) is 0 Å². The highest BCUT2D eigenvalue weighted by Crippen LogP contribution is 2.14. The quantitative estimate of drug-likeness (QED) is 0.913. The van der Waals surface area contributed by atoms with Gasteiger partial charge in [-0.1, -0.05) is 6.07 Å². The number of hydrogen-bond acceptors (Lipinski definition) is 3. The number of pyridine rings is 1. The van der Waals surface area contributed by atoms with Crippen LogP contribution in [0.25, 0.3) is 0 Å². The lowest BCUT2D eigenvalue weighted by Crippen LogP contribution is -1.99. The van der Waals surface area contributed by atoms with Gasteiger partial charge in [0.2, 0.25) is 0 Å². The maximum atomic E-state index is 5.33. The summed E-state index contributed by atoms with van der Waals surface area (Å²) in [5.74, 6) is 1.72. The Morgan fingerprint density at radius 1 is 1.29 bits per heavy atom. The van der Waals surface area contributed by atoms with Gasteiger partial charge in [0.25, 0.3) is 0 Å². The van der Waals surface area contributed by atoms with Crippen LogP contribution in [-0.2, 0) is 6.54 Å². The Balaban J connectivity index is 1.95. The summed E-state index contributed by atoms with van der Waals surface area (Å²) in [6, 6.07) is 9.52. The summed E-state index contributed by atoms with van der Waals surface area (Å²) < 4.78 is 6.08. The molecular weight excluding hydrogens is 244 g/mol. The van der Waals surface area contributed by atoms with Crippen LogP contribution in [0.15, 0.2) is 45.6 Å². The topological polar surface area (TPSA) is 38.1 Å². The van der Waals surface area contributed by atoms with Gasteiger partial charge in [-0.3, -0.25) is 0 Å². The fourth-order valence-electron chi connectivity index (χ4n) is 1.09. The van der Waals surface area contributed by atoms with Crippen LogP contribution in [0.3, 0.4) is 0 Å². The summed E-state index contributed by atoms with van der Waals surface area (Å²) in [6.45, 7) is 0.641. The van der Waals surface area contributed by atoms with Crippen molar-refractivity contribution in [1.29, 1.82) is 0 Å². The molecule has 0 aliphatic carbocycles. The van der Waals surface area contributed by atoms with Crippen LogP contribution in [0, 0.1) is 0 Å². The third kappa shape index (κ3) is 2.35. The van der Waals surface area contributed by atoms with E-state index in [0.29, 0.717) is 6.54 Å². The SMILES string of the molecule is Brc1ccc(CNc2ccccn2)o1. The predicted molar refractivity (Wildman–Crippen MR) is 58.0 cm³/mol. The molecule has 0 saturated carbocycles. The van der Waals surface area contributed by atoms with Gasteiger partial charge >= 0.3 is 0 Å². The maximum Gasteiger partial charge on any atom is 0.169 e. The van der Waals surface area contributed by atoms with Crippen LogP contribution in [0.1, 0.15) is 5.76 Å². The molecule has 0 fully saturated rings. The number of halogens is 1. The maximum absolute atomic E-state index is 5.33. The Morgan fingerprint density at radius 2 is 2.21 bits per heavy atom. The molecule has 2 heterocycles. The van der Waals surface area contributed by atoms with Crippen LogP contribution >= 0.6 is 15.9 Å². The number of nitrogens with zero attached hydrogens (tertiary/aromatic N) is 1. The first-order chi connectivity index (χ1) is 6.84. The van der Waals surface area contributed by atoms with Gasteiger partial charge in [-0.25, -0.2) is 4.98 Å². The van der Waals surface area contributed by atoms with Gasteiger partial charge in [-0.15, -0.1) is 0 Å². The van der Waals surface area contributed by atoms with E-state index < -0.39 is 0 Å². The molecule has 0 saturated heterocycles. The van der Waals surface area contributed by atoms with Gasteiger partial charge in [0.05, 0.1) is 6.54 Å². The summed E-state index contributed by atoms with van der Waals surface area (Å²) in [5, 5.41) is 3.15. The summed E-state index contributed by atoms with van der Waals surface area (Å²) in [6.07, 6.45) is 1.75. The molecule has 0 amide bonds. The number of nitrogens with one attached hydrogen (secondary N) is 1. The van der Waals surface area contributed by atoms with Crippen molar-refractivity contribution in [3.63, 3.8) is 0 Å². The fraction of sp³-hybridized carbons (Fsp3) is 0.100. The van der Waals surface area contributed by atoms with E-state index in [9.17, 15) is 0 Å². The Bertz CT molecular complexity index is 400. The molecule has 2 aromatic heterocycles. The van der Waals surface area contributed by atoms with Crippen molar-refractivity contribution in [2.75, 3.05) is 5.32 Å². The highest BCUT2D eigenvalue weighted by Gasteiger charge is 1.98. The monoisotopic (exact) mass is 252 g/mol. The van der Waals surface area contributed by atoms with Gasteiger partial charge in [0, 0.05) is 6.20 Å². The minimum absolute atomic E-state index is 0.641. The second-order valence-corrected chi connectivity index (χ2v) is 3.56. The van der Waals surface area contributed by atoms with E-state index in [1.54, 1.807) is 6.20 Å². The fourth-order valence-corrected chi connectivity index (χ4v) is 1.43. The molecule has 0 aromatic carbocycles. The lowest BCUT2D eigenvalue weighted by molar-refractivity contribution is 0.495. The molecule has 0 radical (unpaired) electrons. The summed E-state index contributed by atoms with van der Waals surface area (Å²) in [5.41, 5.74) is 0. The highest BCUT2D eigenvalue weighted by molar-refractivity contribution is 9.10. The number of furan rings is 1. The number of hydrogen-bond donors (Lipinski definition) is 1. The van der Waals surface area contributed by atoms with Crippen LogP contribution in [0.4, 0.5) is 5.82 Å². The minimum Gasteiger partial charge on any atom is -0.452 e. The molecule has 72 valence electrons. The van der Waals surface area contributed by atoms with Crippen molar-refractivity contribution >= 4 is 21.7 Å². The number of rotatable bonds is 3. The second-order valence-electron chi connectivity index (χ2n) is 2.77. The molecule has 3 nitrogen and oxygen atoms in total. The molecule has 0 spiro atoms. The summed E-state index contributed by atoms with van der Waals surface area (Å²) in [7, 11) is 0. The van der Waals surface area contributed by atoms with Crippen molar-refractivity contribution < 1.29 is 4.42 Å². The Hall–Kier alpha value is -1.29. The molecule has 0 bridgehead atoms. The zero-order valence-corrected chi connectivity index (χ0v) is 8.99. The van der Waals surface area contributed by atoms with E-state index in [4.69, 9.17) is 4.42 Å². The van der Waals surface area contributed by atoms with E-state index in [-0.39, 0.29) is 0 Å². The number of anilines is 1. The zero-order valence-electron chi connectivity index (χ0n) is 7.40. The smallest absolute Gasteiger partial charge is 0.169 e. The predicted octanol–water partition coefficient (Wildman–Crippen LogP) is 3.05. The number of aromatic nitrogens is 1. The Labute approximate surface area is 90.3 Å². The molecule has 14 heavy (non-hydrogen) atoms. The third-order valence-corrected chi connectivity index (χ3v) is 2.16. The molecule has 2 aromatic rings. The lowest BCUT2D eigenvalue weighted by Gasteiger charge is -2.01. The zero-order chi connectivity index (χ0) is 9.80. The highest BCUT2D eigenvalue weighted by atomic mass is 79.9. The van der Waals surface area contributed by atoms with E-state index in [0.717, 1.165) is 16.2 Å². The first-order valence-corrected chi connectivity index (χ1v) is 5.03. The summed E-state index contributed by atoms with van der Waals surface area (Å²) >= 11 is 3.25. The molecule has 0 unspecified atom stereocenters. The van der Waals surface area contributed by atoms with Gasteiger partial charge in [0.15, 0.2) is 4.67 Å². The van der Waals surface area contributed by atoms with Crippen molar-refractivity contribution in [1.82, 2.24) is 4.98 Å². The van der Waals surface area contributed by atoms with Crippen LogP contribution in [-0.4, -0.2) is 4.98 Å². The molecular formula is C10H9BrN2O. The Morgan fingerprint density at radius 3 is 2.86 bits per heavy atom. The van der Waals surface area contributed by atoms with Crippen LogP contribution in [0.2, 0.25) is 0 Å². The molecule has 4 heteroatoms. The molecule has 0 atom stereocenters. The van der Waals surface area contributed by atoms with Crippen LogP contribution < -0.4 is 5.32 Å². The first kappa shape index (κ1) is 9.27. The average Bonchev–Trinajstić information content (AvgIpc) is 2.63. The van der Waals surface area contributed by atoms with Gasteiger partial charge < -0.3 is 9.73 Å². The van der Waals surface area contributed by atoms with Crippen molar-refractivity contribution in [2.45, 2.75) is 6.54 Å². The Kier molecular flexibility index (Phi) is 2.84. The van der Waals surface area contributed by atoms with Crippen molar-refractivity contribution in [3.8, 4) is 0 Å². The normalized spacial score (nSPS) is 10.1. The second kappa shape index (κ2) is 4.28. The molecule has 0 aliphatic heterocycles. The van der Waals surface area contributed by atoms with E-state index in [1.165, 1.54) is 0 Å². The lowest BCUT2D eigenvalue weighted by atomic mass is 10.4. The van der Waals surface area contributed by atoms with Gasteiger partial charge in [0.1, 0.15) is 11.6 Å².